The fourth-order valence-electron chi connectivity index (χ4n) is 1.11. The first-order valence-electron chi connectivity index (χ1n) is 3.86. The third kappa shape index (κ3) is 1.56. The number of benzene rings is 1. The molecule has 5 heteroatoms. The summed E-state index contributed by atoms with van der Waals surface area (Å²) in [5.41, 5.74) is 0.245. The minimum atomic E-state index is -0.486. The number of hydrogen-bond donors (Lipinski definition) is 1. The molecule has 1 N–H and O–H groups in total. The van der Waals surface area contributed by atoms with Crippen LogP contribution < -0.4 is 0 Å². The Labute approximate surface area is 84.4 Å². The molecule has 0 amide bonds. The average Bonchev–Trinajstić information content (AvgIpc) is 2.51. The van der Waals surface area contributed by atoms with Gasteiger partial charge in [0.25, 0.3) is 0 Å². The second kappa shape index (κ2) is 3.31. The maximum atomic E-state index is 13.3. The molecule has 0 saturated carbocycles. The van der Waals surface area contributed by atoms with Gasteiger partial charge in [0.2, 0.25) is 0 Å². The zero-order valence-corrected chi connectivity index (χ0v) is 7.74. The van der Waals surface area contributed by atoms with E-state index in [1.165, 1.54) is 29.2 Å². The number of rotatable bonds is 1. The normalized spacial score (nSPS) is 10.4. The van der Waals surface area contributed by atoms with Crippen LogP contribution in [-0.4, -0.2) is 14.9 Å². The molecule has 14 heavy (non-hydrogen) atoms. The molecule has 0 fully saturated rings. The van der Waals surface area contributed by atoms with Gasteiger partial charge in [0.1, 0.15) is 11.5 Å². The average molecular weight is 213 g/mol. The highest BCUT2D eigenvalue weighted by atomic mass is 35.5. The summed E-state index contributed by atoms with van der Waals surface area (Å²) in [7, 11) is 0. The van der Waals surface area contributed by atoms with Gasteiger partial charge in [0.15, 0.2) is 5.75 Å². The Hall–Kier alpha value is -1.55. The van der Waals surface area contributed by atoms with Crippen molar-refractivity contribution in [3.8, 4) is 11.4 Å². The number of aromatic nitrogens is 2. The van der Waals surface area contributed by atoms with Gasteiger partial charge in [-0.3, -0.25) is 0 Å². The monoisotopic (exact) mass is 212 g/mol. The predicted octanol–water partition coefficient (Wildman–Crippen LogP) is 2.37. The molecule has 2 aromatic rings. The van der Waals surface area contributed by atoms with Crippen LogP contribution in [0.15, 0.2) is 30.6 Å². The van der Waals surface area contributed by atoms with Crippen molar-refractivity contribution in [2.75, 3.05) is 0 Å². The van der Waals surface area contributed by atoms with Crippen molar-refractivity contribution in [1.82, 2.24) is 9.78 Å². The lowest BCUT2D eigenvalue weighted by molar-refractivity contribution is 0.475. The molecule has 0 bridgehead atoms. The lowest BCUT2D eigenvalue weighted by Crippen LogP contribution is -1.97. The molecule has 1 aromatic carbocycles. The van der Waals surface area contributed by atoms with E-state index in [1.54, 1.807) is 6.07 Å². The molecule has 0 unspecified atom stereocenters. The van der Waals surface area contributed by atoms with Crippen LogP contribution in [0.1, 0.15) is 0 Å². The third-order valence-electron chi connectivity index (χ3n) is 1.73. The number of halogens is 2. The van der Waals surface area contributed by atoms with Gasteiger partial charge in [-0.1, -0.05) is 11.6 Å². The Kier molecular flexibility index (Phi) is 2.13. The molecule has 0 aliphatic rings. The van der Waals surface area contributed by atoms with Crippen molar-refractivity contribution >= 4 is 11.6 Å². The van der Waals surface area contributed by atoms with Crippen molar-refractivity contribution in [3.63, 3.8) is 0 Å². The van der Waals surface area contributed by atoms with Crippen LogP contribution in [-0.2, 0) is 0 Å². The van der Waals surface area contributed by atoms with E-state index in [0.717, 1.165) is 0 Å². The van der Waals surface area contributed by atoms with Gasteiger partial charge in [-0.05, 0) is 18.2 Å². The fraction of sp³-hybridized carbons (Fsp3) is 0. The first-order chi connectivity index (χ1) is 6.66. The van der Waals surface area contributed by atoms with E-state index in [2.05, 4.69) is 5.10 Å². The molecule has 0 saturated heterocycles. The number of hydrogen-bond acceptors (Lipinski definition) is 2. The Morgan fingerprint density at radius 2 is 2.21 bits per heavy atom. The molecule has 2 rings (SSSR count). The number of nitrogens with zero attached hydrogens (tertiary/aromatic N) is 2. The van der Waals surface area contributed by atoms with Crippen LogP contribution in [0.25, 0.3) is 5.69 Å². The highest BCUT2D eigenvalue weighted by Crippen LogP contribution is 2.19. The molecule has 72 valence electrons. The van der Waals surface area contributed by atoms with Gasteiger partial charge in [-0.2, -0.15) is 5.10 Å². The largest absolute Gasteiger partial charge is 0.505 e. The zero-order chi connectivity index (χ0) is 10.1. The van der Waals surface area contributed by atoms with Gasteiger partial charge < -0.3 is 5.11 Å². The van der Waals surface area contributed by atoms with Crippen LogP contribution in [0.4, 0.5) is 4.39 Å². The maximum Gasteiger partial charge on any atom is 0.153 e. The van der Waals surface area contributed by atoms with Crippen LogP contribution in [0.3, 0.4) is 0 Å². The second-order valence-electron chi connectivity index (χ2n) is 2.74. The summed E-state index contributed by atoms with van der Waals surface area (Å²) in [4.78, 5) is 0. The Morgan fingerprint density at radius 1 is 1.43 bits per heavy atom. The van der Waals surface area contributed by atoms with Crippen molar-refractivity contribution in [2.24, 2.45) is 0 Å². The predicted molar refractivity (Wildman–Crippen MR) is 50.2 cm³/mol. The lowest BCUT2D eigenvalue weighted by Gasteiger charge is -2.02. The van der Waals surface area contributed by atoms with Crippen LogP contribution in [0.5, 0.6) is 5.75 Å². The lowest BCUT2D eigenvalue weighted by atomic mass is 10.3. The second-order valence-corrected chi connectivity index (χ2v) is 3.18. The Morgan fingerprint density at radius 3 is 2.79 bits per heavy atom. The molecule has 1 aromatic heterocycles. The number of aromatic hydroxyl groups is 1. The Bertz CT molecular complexity index is 470. The highest BCUT2D eigenvalue weighted by molar-refractivity contribution is 6.30. The van der Waals surface area contributed by atoms with E-state index in [4.69, 9.17) is 16.7 Å². The van der Waals surface area contributed by atoms with Crippen LogP contribution in [0, 0.1) is 5.82 Å². The molecule has 3 nitrogen and oxygen atoms in total. The standard InChI is InChI=1S/C9H6ClFN2O/c10-6-1-2-9(8(11)3-6)13-5-7(14)4-12-13/h1-5,14H. The third-order valence-corrected chi connectivity index (χ3v) is 1.96. The quantitative estimate of drug-likeness (QED) is 0.788. The topological polar surface area (TPSA) is 38.1 Å². The molecular formula is C9H6ClFN2O. The first-order valence-corrected chi connectivity index (χ1v) is 4.23. The summed E-state index contributed by atoms with van der Waals surface area (Å²) in [6, 6.07) is 4.23. The summed E-state index contributed by atoms with van der Waals surface area (Å²) >= 11 is 5.59. The maximum absolute atomic E-state index is 13.3. The van der Waals surface area contributed by atoms with E-state index in [1.807, 2.05) is 0 Å². The molecule has 0 radical (unpaired) electrons. The SMILES string of the molecule is Oc1cnn(-c2ccc(Cl)cc2F)c1. The smallest absolute Gasteiger partial charge is 0.153 e. The van der Waals surface area contributed by atoms with Crippen molar-refractivity contribution in [2.45, 2.75) is 0 Å². The van der Waals surface area contributed by atoms with Crippen molar-refractivity contribution in [3.05, 3.63) is 41.4 Å². The van der Waals surface area contributed by atoms with Gasteiger partial charge in [0.05, 0.1) is 12.4 Å². The molecule has 0 aliphatic heterocycles. The van der Waals surface area contributed by atoms with Crippen LogP contribution >= 0.6 is 11.6 Å². The van der Waals surface area contributed by atoms with Crippen molar-refractivity contribution < 1.29 is 9.50 Å². The van der Waals surface area contributed by atoms with E-state index in [9.17, 15) is 4.39 Å². The summed E-state index contributed by atoms with van der Waals surface area (Å²) < 4.78 is 14.6. The van der Waals surface area contributed by atoms with Gasteiger partial charge in [-0.25, -0.2) is 9.07 Å². The van der Waals surface area contributed by atoms with Crippen molar-refractivity contribution in [1.29, 1.82) is 0 Å². The zero-order valence-electron chi connectivity index (χ0n) is 6.98. The van der Waals surface area contributed by atoms with Gasteiger partial charge in [-0.15, -0.1) is 0 Å². The fourth-order valence-corrected chi connectivity index (χ4v) is 1.27. The van der Waals surface area contributed by atoms with Gasteiger partial charge in [0, 0.05) is 5.02 Å². The van der Waals surface area contributed by atoms with E-state index in [-0.39, 0.29) is 11.4 Å². The Balaban J connectivity index is 2.52. The molecule has 0 atom stereocenters. The molecule has 1 heterocycles. The van der Waals surface area contributed by atoms with Crippen LogP contribution in [0.2, 0.25) is 5.02 Å². The summed E-state index contributed by atoms with van der Waals surface area (Å²) in [6.45, 7) is 0. The highest BCUT2D eigenvalue weighted by Gasteiger charge is 2.06. The molecule has 0 aliphatic carbocycles. The summed E-state index contributed by atoms with van der Waals surface area (Å²) in [5.74, 6) is -0.500. The van der Waals surface area contributed by atoms with Gasteiger partial charge >= 0.3 is 0 Å². The minimum Gasteiger partial charge on any atom is -0.505 e. The first kappa shape index (κ1) is 9.02. The van der Waals surface area contributed by atoms with E-state index >= 15 is 0 Å². The minimum absolute atomic E-state index is 0.0145. The molecular weight excluding hydrogens is 207 g/mol. The molecule has 0 spiro atoms. The summed E-state index contributed by atoms with van der Waals surface area (Å²) in [6.07, 6.45) is 2.54. The van der Waals surface area contributed by atoms with E-state index in [0.29, 0.717) is 5.02 Å². The summed E-state index contributed by atoms with van der Waals surface area (Å²) in [5, 5.41) is 13.1. The van der Waals surface area contributed by atoms with E-state index < -0.39 is 5.82 Å².